The number of pyridine rings is 1. The minimum atomic E-state index is 0.0303. The minimum absolute atomic E-state index is 0.0303. The number of hydrogen-bond acceptors (Lipinski definition) is 0. The van der Waals surface area contributed by atoms with Gasteiger partial charge in [-0.1, -0.05) is 50.2 Å². The highest BCUT2D eigenvalue weighted by molar-refractivity contribution is 6.02. The van der Waals surface area contributed by atoms with Crippen LogP contribution in [-0.4, -0.2) is 0 Å². The molecule has 0 unspecified atom stereocenters. The van der Waals surface area contributed by atoms with E-state index in [1.165, 1.54) is 50.0 Å². The number of fused-ring (bicyclic) bond motifs is 2. The van der Waals surface area contributed by atoms with Crippen LogP contribution in [0.2, 0.25) is 0 Å². The second-order valence-electron chi connectivity index (χ2n) is 7.47. The molecule has 1 heteroatoms. The number of hydrogen-bond donors (Lipinski definition) is 0. The molecule has 0 atom stereocenters. The first-order valence-corrected chi connectivity index (χ1v) is 8.38. The monoisotopic (exact) mass is 302 g/mol. The topological polar surface area (TPSA) is 3.88 Å². The number of nitrogens with zero attached hydrogens (tertiary/aromatic N) is 1. The number of rotatable bonds is 0. The van der Waals surface area contributed by atoms with Crippen LogP contribution in [-0.2, 0) is 12.5 Å². The van der Waals surface area contributed by atoms with Crippen molar-refractivity contribution in [1.82, 2.24) is 0 Å². The Hall–Kier alpha value is -2.15. The fourth-order valence-electron chi connectivity index (χ4n) is 4.36. The number of benzene rings is 2. The standard InChI is InChI=1S/C22H24N/c1-13-9-7-11-17-19(13)21-20-16(14(2)15(3)23(21)6)10-8-12-18(20)22(17,4)5/h7-12H,1-6H3/q+1. The van der Waals surface area contributed by atoms with Crippen LogP contribution in [0.4, 0.5) is 0 Å². The van der Waals surface area contributed by atoms with Gasteiger partial charge in [-0.2, -0.15) is 4.57 Å². The van der Waals surface area contributed by atoms with Crippen molar-refractivity contribution >= 4 is 10.8 Å². The van der Waals surface area contributed by atoms with Gasteiger partial charge < -0.3 is 0 Å². The van der Waals surface area contributed by atoms with Crippen molar-refractivity contribution < 1.29 is 4.57 Å². The highest BCUT2D eigenvalue weighted by Crippen LogP contribution is 2.48. The molecule has 1 aromatic heterocycles. The molecule has 0 bridgehead atoms. The van der Waals surface area contributed by atoms with Crippen LogP contribution in [0.3, 0.4) is 0 Å². The molecule has 23 heavy (non-hydrogen) atoms. The summed E-state index contributed by atoms with van der Waals surface area (Å²) in [5.74, 6) is 0. The molecule has 1 aliphatic carbocycles. The molecular formula is C22H24N+. The predicted molar refractivity (Wildman–Crippen MR) is 96.9 cm³/mol. The van der Waals surface area contributed by atoms with Crippen LogP contribution in [0.15, 0.2) is 36.4 Å². The lowest BCUT2D eigenvalue weighted by atomic mass is 9.68. The maximum absolute atomic E-state index is 2.39. The molecular weight excluding hydrogens is 278 g/mol. The van der Waals surface area contributed by atoms with Crippen molar-refractivity contribution in [2.45, 2.75) is 40.0 Å². The Kier molecular flexibility index (Phi) is 2.79. The quantitative estimate of drug-likeness (QED) is 0.520. The van der Waals surface area contributed by atoms with E-state index < -0.39 is 0 Å². The molecule has 1 nitrogen and oxygen atoms in total. The third-order valence-electron chi connectivity index (χ3n) is 5.94. The summed E-state index contributed by atoms with van der Waals surface area (Å²) in [5, 5.41) is 2.83. The van der Waals surface area contributed by atoms with E-state index in [-0.39, 0.29) is 5.41 Å². The van der Waals surface area contributed by atoms with Gasteiger partial charge in [-0.3, -0.25) is 0 Å². The van der Waals surface area contributed by atoms with E-state index >= 15 is 0 Å². The fourth-order valence-corrected chi connectivity index (χ4v) is 4.36. The molecule has 3 aromatic rings. The molecule has 1 aliphatic rings. The van der Waals surface area contributed by atoms with E-state index in [0.29, 0.717) is 0 Å². The van der Waals surface area contributed by atoms with Crippen molar-refractivity contribution in [3.8, 4) is 11.3 Å². The predicted octanol–water partition coefficient (Wildman–Crippen LogP) is 4.90. The zero-order valence-electron chi connectivity index (χ0n) is 14.9. The second-order valence-corrected chi connectivity index (χ2v) is 7.47. The lowest BCUT2D eigenvalue weighted by Gasteiger charge is -2.34. The summed E-state index contributed by atoms with van der Waals surface area (Å²) in [6.45, 7) is 11.4. The van der Waals surface area contributed by atoms with E-state index in [4.69, 9.17) is 0 Å². The average Bonchev–Trinajstić information content (AvgIpc) is 2.53. The van der Waals surface area contributed by atoms with Crippen molar-refractivity contribution in [2.24, 2.45) is 7.05 Å². The second kappa shape index (κ2) is 4.44. The largest absolute Gasteiger partial charge is 0.221 e. The van der Waals surface area contributed by atoms with Gasteiger partial charge in [0.25, 0.3) is 0 Å². The molecule has 0 saturated heterocycles. The first-order chi connectivity index (χ1) is 10.9. The summed E-state index contributed by atoms with van der Waals surface area (Å²) < 4.78 is 2.39. The molecule has 0 N–H and O–H groups in total. The summed E-state index contributed by atoms with van der Waals surface area (Å²) >= 11 is 0. The SMILES string of the molecule is Cc1cccc2c1-c1c3c(cccc3c(C)c(C)[n+]1C)C2(C)C. The molecule has 116 valence electrons. The van der Waals surface area contributed by atoms with Gasteiger partial charge >= 0.3 is 0 Å². The molecule has 2 aromatic carbocycles. The minimum Gasteiger partial charge on any atom is -0.198 e. The van der Waals surface area contributed by atoms with E-state index in [1.807, 2.05) is 0 Å². The van der Waals surface area contributed by atoms with E-state index in [2.05, 4.69) is 82.6 Å². The Morgan fingerprint density at radius 3 is 2.26 bits per heavy atom. The average molecular weight is 302 g/mol. The normalized spacial score (nSPS) is 14.9. The van der Waals surface area contributed by atoms with E-state index in [9.17, 15) is 0 Å². The Morgan fingerprint density at radius 2 is 1.52 bits per heavy atom. The molecule has 0 radical (unpaired) electrons. The highest BCUT2D eigenvalue weighted by Gasteiger charge is 2.39. The van der Waals surface area contributed by atoms with Gasteiger partial charge in [0.1, 0.15) is 7.05 Å². The third kappa shape index (κ3) is 1.65. The fraction of sp³-hybridized carbons (Fsp3) is 0.318. The van der Waals surface area contributed by atoms with Gasteiger partial charge in [-0.25, -0.2) is 0 Å². The maximum Gasteiger partial charge on any atom is 0.221 e. The van der Waals surface area contributed by atoms with Crippen LogP contribution in [0, 0.1) is 20.8 Å². The lowest BCUT2D eigenvalue weighted by Crippen LogP contribution is -2.39. The number of aromatic nitrogens is 1. The van der Waals surface area contributed by atoms with Gasteiger partial charge in [0.05, 0.1) is 10.9 Å². The Balaban J connectivity index is 2.37. The van der Waals surface area contributed by atoms with Gasteiger partial charge in [0.2, 0.25) is 5.69 Å². The summed E-state index contributed by atoms with van der Waals surface area (Å²) in [7, 11) is 2.21. The Morgan fingerprint density at radius 1 is 0.870 bits per heavy atom. The van der Waals surface area contributed by atoms with Crippen molar-refractivity contribution in [1.29, 1.82) is 0 Å². The number of aryl methyl sites for hydroxylation is 2. The molecule has 0 fully saturated rings. The summed E-state index contributed by atoms with van der Waals surface area (Å²) in [4.78, 5) is 0. The van der Waals surface area contributed by atoms with Crippen LogP contribution >= 0.6 is 0 Å². The van der Waals surface area contributed by atoms with Gasteiger partial charge in [0, 0.05) is 17.9 Å². The van der Waals surface area contributed by atoms with E-state index in [0.717, 1.165) is 0 Å². The first kappa shape index (κ1) is 14.4. The first-order valence-electron chi connectivity index (χ1n) is 8.38. The Labute approximate surface area is 138 Å². The summed E-state index contributed by atoms with van der Waals surface area (Å²) in [5.41, 5.74) is 9.82. The lowest BCUT2D eigenvalue weighted by molar-refractivity contribution is -0.665. The van der Waals surface area contributed by atoms with E-state index in [1.54, 1.807) is 0 Å². The molecule has 1 heterocycles. The molecule has 0 saturated carbocycles. The van der Waals surface area contributed by atoms with Gasteiger partial charge in [0.15, 0.2) is 5.69 Å². The van der Waals surface area contributed by atoms with Crippen LogP contribution < -0.4 is 4.57 Å². The van der Waals surface area contributed by atoms with Crippen molar-refractivity contribution in [3.05, 3.63) is 64.3 Å². The molecule has 0 aliphatic heterocycles. The summed E-state index contributed by atoms with van der Waals surface area (Å²) in [6.07, 6.45) is 0. The van der Waals surface area contributed by atoms with Gasteiger partial charge in [-0.05, 0) is 35.9 Å². The summed E-state index contributed by atoms with van der Waals surface area (Å²) in [6, 6.07) is 13.6. The van der Waals surface area contributed by atoms with Crippen LogP contribution in [0.5, 0.6) is 0 Å². The van der Waals surface area contributed by atoms with Crippen molar-refractivity contribution in [3.63, 3.8) is 0 Å². The van der Waals surface area contributed by atoms with Gasteiger partial charge in [-0.15, -0.1) is 0 Å². The smallest absolute Gasteiger partial charge is 0.198 e. The Bertz CT molecular complexity index is 977. The van der Waals surface area contributed by atoms with Crippen molar-refractivity contribution in [2.75, 3.05) is 0 Å². The zero-order chi connectivity index (χ0) is 16.5. The molecule has 0 amide bonds. The third-order valence-corrected chi connectivity index (χ3v) is 5.94. The highest BCUT2D eigenvalue weighted by atomic mass is 15.0. The molecule has 4 rings (SSSR count). The molecule has 0 spiro atoms. The van der Waals surface area contributed by atoms with Crippen LogP contribution in [0.1, 0.15) is 41.8 Å². The van der Waals surface area contributed by atoms with Crippen LogP contribution in [0.25, 0.3) is 22.0 Å². The zero-order valence-corrected chi connectivity index (χ0v) is 14.9. The maximum atomic E-state index is 2.39.